The Balaban J connectivity index is 2.54. The molecule has 0 aliphatic carbocycles. The molecule has 2 nitrogen and oxygen atoms in total. The van der Waals surface area contributed by atoms with Crippen LogP contribution in [0.2, 0.25) is 0 Å². The minimum absolute atomic E-state index is 0.131. The molecular weight excluding hydrogens is 194 g/mol. The monoisotopic (exact) mass is 205 g/mol. The van der Waals surface area contributed by atoms with E-state index in [1.165, 1.54) is 0 Å². The van der Waals surface area contributed by atoms with Crippen LogP contribution in [0.15, 0.2) is 30.3 Å². The van der Waals surface area contributed by atoms with E-state index in [1.807, 2.05) is 30.3 Å². The average molecular weight is 205 g/mol. The fourth-order valence-electron chi connectivity index (χ4n) is 1.04. The van der Waals surface area contributed by atoms with Gasteiger partial charge in [0.15, 0.2) is 0 Å². The zero-order valence-electron chi connectivity index (χ0n) is 7.68. The third-order valence-electron chi connectivity index (χ3n) is 1.73. The van der Waals surface area contributed by atoms with Crippen LogP contribution in [-0.4, -0.2) is 21.8 Å². The molecule has 1 aromatic carbocycles. The van der Waals surface area contributed by atoms with E-state index in [0.29, 0.717) is 11.4 Å². The average Bonchev–Trinajstić information content (AvgIpc) is 2.19. The van der Waals surface area contributed by atoms with E-state index in [4.69, 9.17) is 18.6 Å². The fourth-order valence-corrected chi connectivity index (χ4v) is 1.27. The van der Waals surface area contributed by atoms with Gasteiger partial charge in [0.25, 0.3) is 0 Å². The van der Waals surface area contributed by atoms with Crippen molar-refractivity contribution in [2.24, 2.45) is 0 Å². The summed E-state index contributed by atoms with van der Waals surface area (Å²) in [5.41, 5.74) is 1.06. The number of rotatable bonds is 3. The van der Waals surface area contributed by atoms with Gasteiger partial charge in [0.05, 0.1) is 0 Å². The summed E-state index contributed by atoms with van der Waals surface area (Å²) in [4.78, 5) is 0.439. The van der Waals surface area contributed by atoms with Crippen LogP contribution in [0, 0.1) is 12.3 Å². The Hall–Kier alpha value is -1.37. The molecule has 0 fully saturated rings. The van der Waals surface area contributed by atoms with Crippen LogP contribution in [0.3, 0.4) is 0 Å². The van der Waals surface area contributed by atoms with Crippen LogP contribution in [0.1, 0.15) is 5.56 Å². The molecule has 0 aromatic heterocycles. The maximum absolute atomic E-state index is 9.33. The number of thiocarbonyl (C=S) groups is 1. The van der Waals surface area contributed by atoms with Crippen molar-refractivity contribution < 1.29 is 5.21 Å². The van der Waals surface area contributed by atoms with Crippen molar-refractivity contribution in [3.8, 4) is 12.3 Å². The van der Waals surface area contributed by atoms with Gasteiger partial charge in [-0.3, -0.25) is 5.21 Å². The van der Waals surface area contributed by atoms with E-state index in [0.717, 1.165) is 10.6 Å². The van der Waals surface area contributed by atoms with Crippen molar-refractivity contribution in [3.05, 3.63) is 35.9 Å². The summed E-state index contributed by atoms with van der Waals surface area (Å²) in [5.74, 6) is 2.32. The molecule has 0 aliphatic heterocycles. The van der Waals surface area contributed by atoms with E-state index in [2.05, 4.69) is 5.92 Å². The van der Waals surface area contributed by atoms with Gasteiger partial charge in [-0.15, -0.1) is 6.42 Å². The molecule has 0 saturated carbocycles. The van der Waals surface area contributed by atoms with Crippen molar-refractivity contribution in [3.63, 3.8) is 0 Å². The second-order valence-corrected chi connectivity index (χ2v) is 3.29. The third kappa shape index (κ3) is 3.17. The Bertz CT molecular complexity index is 342. The highest BCUT2D eigenvalue weighted by Gasteiger charge is 2.05. The molecular formula is C11H11NOS. The molecule has 0 amide bonds. The first kappa shape index (κ1) is 10.7. The molecule has 0 atom stereocenters. The molecule has 0 aliphatic rings. The lowest BCUT2D eigenvalue weighted by atomic mass is 10.1. The van der Waals surface area contributed by atoms with Crippen LogP contribution in [0.4, 0.5) is 0 Å². The number of nitrogens with zero attached hydrogens (tertiary/aromatic N) is 1. The van der Waals surface area contributed by atoms with Crippen LogP contribution in [0.5, 0.6) is 0 Å². The molecule has 1 rings (SSSR count). The zero-order valence-corrected chi connectivity index (χ0v) is 8.50. The topological polar surface area (TPSA) is 23.5 Å². The number of benzene rings is 1. The highest BCUT2D eigenvalue weighted by atomic mass is 32.1. The Morgan fingerprint density at radius 2 is 2.07 bits per heavy atom. The van der Waals surface area contributed by atoms with Gasteiger partial charge in [-0.05, 0) is 5.56 Å². The molecule has 0 radical (unpaired) electrons. The van der Waals surface area contributed by atoms with Crippen LogP contribution >= 0.6 is 12.2 Å². The summed E-state index contributed by atoms with van der Waals surface area (Å²) in [5, 5.41) is 10.2. The number of terminal acetylenes is 1. The largest absolute Gasteiger partial charge is 0.287 e. The summed E-state index contributed by atoms with van der Waals surface area (Å²) in [6.07, 6.45) is 5.59. The Kier molecular flexibility index (Phi) is 4.11. The minimum Gasteiger partial charge on any atom is -0.287 e. The lowest BCUT2D eigenvalue weighted by molar-refractivity contribution is 0.000655. The summed E-state index contributed by atoms with van der Waals surface area (Å²) in [6, 6.07) is 9.71. The number of hydrogen-bond acceptors (Lipinski definition) is 2. The van der Waals surface area contributed by atoms with Gasteiger partial charge in [0, 0.05) is 6.42 Å². The lowest BCUT2D eigenvalue weighted by Crippen LogP contribution is -2.27. The molecule has 1 N–H and O–H groups in total. The Morgan fingerprint density at radius 3 is 2.64 bits per heavy atom. The van der Waals surface area contributed by atoms with Gasteiger partial charge in [0.2, 0.25) is 0 Å². The standard InChI is InChI=1S/C11H11NOS/c1-2-8-12(13)11(14)9-10-6-4-3-5-7-10/h1,3-7,13H,8-9H2. The minimum atomic E-state index is 0.131. The molecule has 0 unspecified atom stereocenters. The SMILES string of the molecule is C#CCN(O)C(=S)Cc1ccccc1. The molecule has 14 heavy (non-hydrogen) atoms. The molecule has 72 valence electrons. The van der Waals surface area contributed by atoms with Gasteiger partial charge in [-0.2, -0.15) is 0 Å². The molecule has 0 saturated heterocycles. The second kappa shape index (κ2) is 5.38. The van der Waals surface area contributed by atoms with Gasteiger partial charge in [-0.25, -0.2) is 5.06 Å². The van der Waals surface area contributed by atoms with Crippen molar-refractivity contribution in [2.45, 2.75) is 6.42 Å². The van der Waals surface area contributed by atoms with E-state index >= 15 is 0 Å². The zero-order chi connectivity index (χ0) is 10.4. The predicted molar refractivity (Wildman–Crippen MR) is 60.1 cm³/mol. The van der Waals surface area contributed by atoms with Gasteiger partial charge in [-0.1, -0.05) is 48.5 Å². The number of hydroxylamine groups is 2. The quantitative estimate of drug-likeness (QED) is 0.463. The van der Waals surface area contributed by atoms with E-state index in [-0.39, 0.29) is 6.54 Å². The Morgan fingerprint density at radius 1 is 1.43 bits per heavy atom. The first-order valence-corrected chi connectivity index (χ1v) is 4.61. The summed E-state index contributed by atoms with van der Waals surface area (Å²) in [6.45, 7) is 0.131. The van der Waals surface area contributed by atoms with Gasteiger partial charge >= 0.3 is 0 Å². The first-order valence-electron chi connectivity index (χ1n) is 4.20. The normalized spacial score (nSPS) is 9.14. The van der Waals surface area contributed by atoms with E-state index in [9.17, 15) is 5.21 Å². The third-order valence-corrected chi connectivity index (χ3v) is 2.08. The van der Waals surface area contributed by atoms with Crippen LogP contribution in [-0.2, 0) is 6.42 Å². The van der Waals surface area contributed by atoms with Gasteiger partial charge in [0.1, 0.15) is 11.5 Å². The second-order valence-electron chi connectivity index (χ2n) is 2.82. The highest BCUT2D eigenvalue weighted by molar-refractivity contribution is 7.80. The summed E-state index contributed by atoms with van der Waals surface area (Å²) in [7, 11) is 0. The predicted octanol–water partition coefficient (Wildman–Crippen LogP) is 1.88. The lowest BCUT2D eigenvalue weighted by Gasteiger charge is -2.14. The highest BCUT2D eigenvalue weighted by Crippen LogP contribution is 2.02. The molecule has 0 bridgehead atoms. The van der Waals surface area contributed by atoms with Crippen LogP contribution < -0.4 is 0 Å². The van der Waals surface area contributed by atoms with Crippen molar-refractivity contribution in [2.75, 3.05) is 6.54 Å². The molecule has 0 spiro atoms. The maximum atomic E-state index is 9.33. The van der Waals surface area contributed by atoms with Crippen LogP contribution in [0.25, 0.3) is 0 Å². The molecule has 0 heterocycles. The van der Waals surface area contributed by atoms with Crippen molar-refractivity contribution in [1.82, 2.24) is 5.06 Å². The first-order chi connectivity index (χ1) is 6.74. The van der Waals surface area contributed by atoms with E-state index < -0.39 is 0 Å². The fraction of sp³-hybridized carbons (Fsp3) is 0.182. The Labute approximate surface area is 89.1 Å². The summed E-state index contributed by atoms with van der Waals surface area (Å²) >= 11 is 5.00. The van der Waals surface area contributed by atoms with Gasteiger partial charge < -0.3 is 0 Å². The smallest absolute Gasteiger partial charge is 0.109 e. The molecule has 3 heteroatoms. The van der Waals surface area contributed by atoms with E-state index in [1.54, 1.807) is 0 Å². The number of hydrogen-bond donors (Lipinski definition) is 1. The maximum Gasteiger partial charge on any atom is 0.109 e. The van der Waals surface area contributed by atoms with Crippen molar-refractivity contribution in [1.29, 1.82) is 0 Å². The molecule has 1 aromatic rings. The summed E-state index contributed by atoms with van der Waals surface area (Å²) < 4.78 is 0. The van der Waals surface area contributed by atoms with Crippen molar-refractivity contribution >= 4 is 17.2 Å².